The van der Waals surface area contributed by atoms with E-state index in [2.05, 4.69) is 39.8 Å². The Morgan fingerprint density at radius 3 is 2.64 bits per heavy atom. The smallest absolute Gasteiger partial charge is 0.139 e. The van der Waals surface area contributed by atoms with Crippen molar-refractivity contribution in [2.75, 3.05) is 6.61 Å². The molecule has 2 fully saturated rings. The maximum Gasteiger partial charge on any atom is 0.139 e. The van der Waals surface area contributed by atoms with E-state index in [0.717, 1.165) is 44.6 Å². The van der Waals surface area contributed by atoms with E-state index >= 15 is 0 Å². The summed E-state index contributed by atoms with van der Waals surface area (Å²) in [5.41, 5.74) is 1.80. The van der Waals surface area contributed by atoms with Gasteiger partial charge in [-0.05, 0) is 72.8 Å². The van der Waals surface area contributed by atoms with Crippen molar-refractivity contribution in [3.05, 3.63) is 23.5 Å². The van der Waals surface area contributed by atoms with Crippen LogP contribution < -0.4 is 0 Å². The zero-order valence-electron chi connectivity index (χ0n) is 16.4. The lowest BCUT2D eigenvalue weighted by Crippen LogP contribution is -2.49. The van der Waals surface area contributed by atoms with Gasteiger partial charge >= 0.3 is 0 Å². The first-order valence-corrected chi connectivity index (χ1v) is 10.4. The van der Waals surface area contributed by atoms with Crippen molar-refractivity contribution in [3.63, 3.8) is 0 Å². The van der Waals surface area contributed by atoms with E-state index in [9.17, 15) is 4.79 Å². The zero-order chi connectivity index (χ0) is 17.8. The van der Waals surface area contributed by atoms with Gasteiger partial charge in [-0.15, -0.1) is 0 Å². The van der Waals surface area contributed by atoms with Crippen LogP contribution in [0.25, 0.3) is 0 Å². The predicted octanol–water partition coefficient (Wildman–Crippen LogP) is 5.68. The van der Waals surface area contributed by atoms with Crippen molar-refractivity contribution in [2.45, 2.75) is 72.6 Å². The highest BCUT2D eigenvalue weighted by Gasteiger charge is 2.58. The second kappa shape index (κ2) is 5.99. The van der Waals surface area contributed by atoms with Crippen LogP contribution in [0.4, 0.5) is 0 Å². The Balaban J connectivity index is 1.59. The molecule has 0 amide bonds. The summed E-state index contributed by atoms with van der Waals surface area (Å²) < 4.78 is 6.05. The molecule has 4 aliphatic rings. The highest BCUT2D eigenvalue weighted by Crippen LogP contribution is 2.63. The quantitative estimate of drug-likeness (QED) is 0.659. The first-order valence-electron chi connectivity index (χ1n) is 10.4. The van der Waals surface area contributed by atoms with Crippen LogP contribution >= 0.6 is 0 Å². The summed E-state index contributed by atoms with van der Waals surface area (Å²) in [4.78, 5) is 12.5. The number of hydrogen-bond donors (Lipinski definition) is 0. The maximum atomic E-state index is 12.5. The molecular weight excluding hydrogens is 308 g/mol. The van der Waals surface area contributed by atoms with Gasteiger partial charge in [-0.3, -0.25) is 4.79 Å². The fraction of sp³-hybridized carbons (Fsp3) is 0.783. The lowest BCUT2D eigenvalue weighted by atomic mass is 9.49. The predicted molar refractivity (Wildman–Crippen MR) is 101 cm³/mol. The largest absolute Gasteiger partial charge is 0.498 e. The summed E-state index contributed by atoms with van der Waals surface area (Å²) >= 11 is 0. The third kappa shape index (κ3) is 2.62. The molecule has 0 aliphatic heterocycles. The van der Waals surface area contributed by atoms with Crippen LogP contribution in [-0.2, 0) is 9.53 Å². The Hall–Kier alpha value is -1.05. The number of hydrogen-bond acceptors (Lipinski definition) is 2. The molecule has 0 spiro atoms. The molecule has 4 rings (SSSR count). The minimum atomic E-state index is -0.0150. The molecule has 0 unspecified atom stereocenters. The zero-order valence-corrected chi connectivity index (χ0v) is 16.4. The van der Waals surface area contributed by atoms with Gasteiger partial charge in [0.1, 0.15) is 5.78 Å². The van der Waals surface area contributed by atoms with Gasteiger partial charge in [-0.1, -0.05) is 33.8 Å². The van der Waals surface area contributed by atoms with E-state index in [0.29, 0.717) is 29.0 Å². The van der Waals surface area contributed by atoms with Crippen molar-refractivity contribution >= 4 is 5.78 Å². The minimum absolute atomic E-state index is 0.0150. The van der Waals surface area contributed by atoms with Gasteiger partial charge in [-0.25, -0.2) is 0 Å². The standard InChI is InChI=1S/C23H34O2/c1-15(2)14-25-17-9-11-22(3)16(13-17)5-6-18-19-7-8-21(24)23(19,4)12-10-20(18)22/h5,13,15,18-20H,6-12,14H2,1-4H3/t18-,19-,20-,22-,23-/m0/s1. The van der Waals surface area contributed by atoms with E-state index in [1.54, 1.807) is 0 Å². The van der Waals surface area contributed by atoms with Crippen molar-refractivity contribution in [3.8, 4) is 0 Å². The maximum absolute atomic E-state index is 12.5. The highest BCUT2D eigenvalue weighted by atomic mass is 16.5. The average molecular weight is 343 g/mol. The summed E-state index contributed by atoms with van der Waals surface area (Å²) in [5.74, 6) is 4.40. The molecule has 0 aromatic rings. The summed E-state index contributed by atoms with van der Waals surface area (Å²) in [5, 5.41) is 0. The third-order valence-electron chi connectivity index (χ3n) is 8.04. The van der Waals surface area contributed by atoms with E-state index in [1.807, 2.05) is 0 Å². The molecule has 0 aromatic carbocycles. The molecule has 0 N–H and O–H groups in total. The second-order valence-electron chi connectivity index (χ2n) is 9.92. The molecule has 25 heavy (non-hydrogen) atoms. The molecule has 5 atom stereocenters. The Bertz CT molecular complexity index is 628. The fourth-order valence-electron chi connectivity index (χ4n) is 6.46. The van der Waals surface area contributed by atoms with Crippen LogP contribution in [-0.4, -0.2) is 12.4 Å². The van der Waals surface area contributed by atoms with Crippen LogP contribution in [0.2, 0.25) is 0 Å². The van der Waals surface area contributed by atoms with E-state index in [4.69, 9.17) is 4.74 Å². The molecule has 4 aliphatic carbocycles. The van der Waals surface area contributed by atoms with Crippen LogP contribution in [0.3, 0.4) is 0 Å². The SMILES string of the molecule is CC(C)COC1=CC2=CC[C@@H]3[C@H](CC[C@]4(C)C(=O)CC[C@@H]34)[C@@]2(C)CC1. The molecule has 0 heterocycles. The number of carbonyl (C=O) groups excluding carboxylic acids is 1. The number of carbonyl (C=O) groups is 1. The minimum Gasteiger partial charge on any atom is -0.498 e. The van der Waals surface area contributed by atoms with Gasteiger partial charge < -0.3 is 4.74 Å². The summed E-state index contributed by atoms with van der Waals surface area (Å²) in [7, 11) is 0. The first-order chi connectivity index (χ1) is 11.8. The molecular formula is C23H34O2. The summed E-state index contributed by atoms with van der Waals surface area (Å²) in [6.45, 7) is 10.00. The number of allylic oxidation sites excluding steroid dienone is 4. The molecule has 0 aromatic heterocycles. The van der Waals surface area contributed by atoms with Crippen molar-refractivity contribution < 1.29 is 9.53 Å². The summed E-state index contributed by atoms with van der Waals surface area (Å²) in [6, 6.07) is 0. The molecule has 0 saturated heterocycles. The molecule has 2 heteroatoms. The number of ether oxygens (including phenoxy) is 1. The van der Waals surface area contributed by atoms with Crippen LogP contribution in [0, 0.1) is 34.5 Å². The molecule has 2 saturated carbocycles. The fourth-order valence-corrected chi connectivity index (χ4v) is 6.46. The van der Waals surface area contributed by atoms with Gasteiger partial charge in [0.05, 0.1) is 12.4 Å². The second-order valence-corrected chi connectivity index (χ2v) is 9.92. The number of ketones is 1. The van der Waals surface area contributed by atoms with Crippen LogP contribution in [0.1, 0.15) is 72.6 Å². The lowest BCUT2D eigenvalue weighted by molar-refractivity contribution is -0.131. The molecule has 0 bridgehead atoms. The van der Waals surface area contributed by atoms with Gasteiger partial charge in [0, 0.05) is 18.3 Å². The average Bonchev–Trinajstić information content (AvgIpc) is 2.88. The van der Waals surface area contributed by atoms with Gasteiger partial charge in [0.25, 0.3) is 0 Å². The Morgan fingerprint density at radius 1 is 1.12 bits per heavy atom. The molecule has 138 valence electrons. The third-order valence-corrected chi connectivity index (χ3v) is 8.04. The lowest BCUT2D eigenvalue weighted by Gasteiger charge is -2.55. The normalized spacial score (nSPS) is 43.1. The Morgan fingerprint density at radius 2 is 1.88 bits per heavy atom. The van der Waals surface area contributed by atoms with Crippen molar-refractivity contribution in [1.29, 1.82) is 0 Å². The number of rotatable bonds is 3. The molecule has 0 radical (unpaired) electrons. The van der Waals surface area contributed by atoms with Crippen molar-refractivity contribution in [1.82, 2.24) is 0 Å². The topological polar surface area (TPSA) is 26.3 Å². The van der Waals surface area contributed by atoms with Crippen molar-refractivity contribution in [2.24, 2.45) is 34.5 Å². The van der Waals surface area contributed by atoms with Crippen LogP contribution in [0.5, 0.6) is 0 Å². The molecule has 2 nitrogen and oxygen atoms in total. The van der Waals surface area contributed by atoms with Gasteiger partial charge in [-0.2, -0.15) is 0 Å². The highest BCUT2D eigenvalue weighted by molar-refractivity contribution is 5.87. The van der Waals surface area contributed by atoms with Gasteiger partial charge in [0.2, 0.25) is 0 Å². The van der Waals surface area contributed by atoms with Crippen LogP contribution in [0.15, 0.2) is 23.5 Å². The number of fused-ring (bicyclic) bond motifs is 5. The first kappa shape index (κ1) is 17.4. The Labute approximate surface area is 153 Å². The van der Waals surface area contributed by atoms with E-state index in [1.165, 1.54) is 24.2 Å². The van der Waals surface area contributed by atoms with Gasteiger partial charge in [0.15, 0.2) is 0 Å². The number of Topliss-reactive ketones (excluding diaryl/α,β-unsaturated/α-hetero) is 1. The van der Waals surface area contributed by atoms with E-state index < -0.39 is 0 Å². The van der Waals surface area contributed by atoms with E-state index in [-0.39, 0.29) is 5.41 Å². The monoisotopic (exact) mass is 342 g/mol. The Kier molecular flexibility index (Phi) is 4.16. The summed E-state index contributed by atoms with van der Waals surface area (Å²) in [6.07, 6.45) is 12.6.